The van der Waals surface area contributed by atoms with E-state index in [9.17, 15) is 9.59 Å². The minimum absolute atomic E-state index is 0.174. The number of nitrogens with one attached hydrogen (secondary N) is 1. The molecule has 0 aliphatic carbocycles. The number of hydrogen-bond donors (Lipinski definition) is 2. The molecule has 0 radical (unpaired) electrons. The summed E-state index contributed by atoms with van der Waals surface area (Å²) in [5.41, 5.74) is 5.99. The predicted octanol–water partition coefficient (Wildman–Crippen LogP) is 0.290. The Kier molecular flexibility index (Phi) is 3.44. The van der Waals surface area contributed by atoms with Gasteiger partial charge in [-0.25, -0.2) is 4.98 Å². The Bertz CT molecular complexity index is 631. The fraction of sp³-hybridized carbons (Fsp3) is 0.364. The van der Waals surface area contributed by atoms with Crippen LogP contribution in [0.1, 0.15) is 12.7 Å². The zero-order valence-corrected chi connectivity index (χ0v) is 11.0. The van der Waals surface area contributed by atoms with E-state index >= 15 is 0 Å². The second-order valence-corrected chi connectivity index (χ2v) is 5.05. The van der Waals surface area contributed by atoms with Gasteiger partial charge in [0.05, 0.1) is 18.1 Å². The Balaban J connectivity index is 2.27. The number of aromatic amines is 1. The largest absolute Gasteiger partial charge is 0.337 e. The standard InChI is InChI=1S/C11H14N4O2S/c1-6(12)11(17)15(2)5-8-13-7-3-4-18-9(7)10(16)14-8/h3-4,6H,5,12H2,1-2H3,(H,13,14,16)/t6-/m1/s1. The minimum atomic E-state index is -0.563. The van der Waals surface area contributed by atoms with E-state index in [1.54, 1.807) is 20.0 Å². The number of likely N-dealkylation sites (N-methyl/N-ethyl adjacent to an activating group) is 1. The lowest BCUT2D eigenvalue weighted by Gasteiger charge is -2.18. The molecule has 0 aliphatic rings. The minimum Gasteiger partial charge on any atom is -0.337 e. The number of rotatable bonds is 3. The average Bonchev–Trinajstić information content (AvgIpc) is 2.76. The maximum Gasteiger partial charge on any atom is 0.268 e. The van der Waals surface area contributed by atoms with Crippen LogP contribution in [-0.2, 0) is 11.3 Å². The molecule has 2 aromatic rings. The van der Waals surface area contributed by atoms with Gasteiger partial charge in [0.2, 0.25) is 5.91 Å². The van der Waals surface area contributed by atoms with Crippen LogP contribution in [0.5, 0.6) is 0 Å². The number of carbonyl (C=O) groups excluding carboxylic acids is 1. The van der Waals surface area contributed by atoms with Crippen LogP contribution in [0, 0.1) is 0 Å². The van der Waals surface area contributed by atoms with Crippen LogP contribution < -0.4 is 11.3 Å². The maximum atomic E-state index is 11.7. The van der Waals surface area contributed by atoms with E-state index in [4.69, 9.17) is 5.73 Å². The van der Waals surface area contributed by atoms with Crippen molar-refractivity contribution in [2.75, 3.05) is 7.05 Å². The van der Waals surface area contributed by atoms with Crippen molar-refractivity contribution < 1.29 is 4.79 Å². The van der Waals surface area contributed by atoms with Crippen molar-refractivity contribution in [3.8, 4) is 0 Å². The smallest absolute Gasteiger partial charge is 0.268 e. The first-order valence-electron chi connectivity index (χ1n) is 5.46. The van der Waals surface area contributed by atoms with E-state index in [0.717, 1.165) is 0 Å². The summed E-state index contributed by atoms with van der Waals surface area (Å²) in [5.74, 6) is 0.269. The number of hydrogen-bond acceptors (Lipinski definition) is 5. The summed E-state index contributed by atoms with van der Waals surface area (Å²) in [5, 5.41) is 1.81. The molecule has 1 amide bonds. The summed E-state index contributed by atoms with van der Waals surface area (Å²) >= 11 is 1.35. The molecule has 18 heavy (non-hydrogen) atoms. The molecule has 0 saturated carbocycles. The highest BCUT2D eigenvalue weighted by atomic mass is 32.1. The third kappa shape index (κ3) is 2.41. The molecule has 6 nitrogen and oxygen atoms in total. The fourth-order valence-corrected chi connectivity index (χ4v) is 2.37. The number of nitrogens with two attached hydrogens (primary N) is 1. The number of nitrogens with zero attached hydrogens (tertiary/aromatic N) is 2. The molecular formula is C11H14N4O2S. The summed E-state index contributed by atoms with van der Waals surface area (Å²) < 4.78 is 0.597. The third-order valence-electron chi connectivity index (χ3n) is 2.52. The third-order valence-corrected chi connectivity index (χ3v) is 3.42. The zero-order valence-electron chi connectivity index (χ0n) is 10.1. The summed E-state index contributed by atoms with van der Waals surface area (Å²) in [6, 6.07) is 1.22. The van der Waals surface area contributed by atoms with Gasteiger partial charge in [-0.1, -0.05) is 0 Å². The molecular weight excluding hydrogens is 252 g/mol. The normalized spacial score (nSPS) is 12.6. The molecule has 0 aromatic carbocycles. The monoisotopic (exact) mass is 266 g/mol. The van der Waals surface area contributed by atoms with Crippen molar-refractivity contribution in [2.45, 2.75) is 19.5 Å². The van der Waals surface area contributed by atoms with Crippen LogP contribution in [0.4, 0.5) is 0 Å². The number of amides is 1. The van der Waals surface area contributed by atoms with Crippen molar-refractivity contribution in [1.29, 1.82) is 0 Å². The molecule has 0 fully saturated rings. The van der Waals surface area contributed by atoms with Crippen molar-refractivity contribution in [2.24, 2.45) is 5.73 Å². The molecule has 0 unspecified atom stereocenters. The van der Waals surface area contributed by atoms with Gasteiger partial charge >= 0.3 is 0 Å². The van der Waals surface area contributed by atoms with Gasteiger partial charge in [-0.15, -0.1) is 11.3 Å². The highest BCUT2D eigenvalue weighted by Gasteiger charge is 2.15. The van der Waals surface area contributed by atoms with E-state index in [1.165, 1.54) is 16.2 Å². The number of aromatic nitrogens is 2. The van der Waals surface area contributed by atoms with Gasteiger partial charge in [0.25, 0.3) is 5.56 Å². The van der Waals surface area contributed by atoms with E-state index in [0.29, 0.717) is 16.0 Å². The summed E-state index contributed by atoms with van der Waals surface area (Å²) in [6.45, 7) is 1.86. The van der Waals surface area contributed by atoms with E-state index < -0.39 is 6.04 Å². The molecule has 2 rings (SSSR count). The predicted molar refractivity (Wildman–Crippen MR) is 70.4 cm³/mol. The lowest BCUT2D eigenvalue weighted by molar-refractivity contribution is -0.131. The van der Waals surface area contributed by atoms with Crippen LogP contribution >= 0.6 is 11.3 Å². The molecule has 0 saturated heterocycles. The number of thiophene rings is 1. The quantitative estimate of drug-likeness (QED) is 0.835. The van der Waals surface area contributed by atoms with Crippen molar-refractivity contribution >= 4 is 27.5 Å². The second-order valence-electron chi connectivity index (χ2n) is 4.13. The van der Waals surface area contributed by atoms with Crippen LogP contribution in [-0.4, -0.2) is 33.9 Å². The van der Waals surface area contributed by atoms with Crippen LogP contribution in [0.15, 0.2) is 16.2 Å². The van der Waals surface area contributed by atoms with Gasteiger partial charge in [0.1, 0.15) is 10.5 Å². The average molecular weight is 266 g/mol. The Morgan fingerprint density at radius 2 is 2.39 bits per heavy atom. The number of fused-ring (bicyclic) bond motifs is 1. The van der Waals surface area contributed by atoms with Crippen molar-refractivity contribution in [1.82, 2.24) is 14.9 Å². The molecule has 2 heterocycles. The number of H-pyrrole nitrogens is 1. The van der Waals surface area contributed by atoms with Crippen LogP contribution in [0.2, 0.25) is 0 Å². The highest BCUT2D eigenvalue weighted by molar-refractivity contribution is 7.17. The van der Waals surface area contributed by atoms with Crippen molar-refractivity contribution in [3.05, 3.63) is 27.6 Å². The Labute approximate surface area is 107 Å². The highest BCUT2D eigenvalue weighted by Crippen LogP contribution is 2.13. The Morgan fingerprint density at radius 3 is 3.06 bits per heavy atom. The van der Waals surface area contributed by atoms with Gasteiger partial charge in [-0.3, -0.25) is 9.59 Å². The molecule has 0 aliphatic heterocycles. The molecule has 0 bridgehead atoms. The first kappa shape index (κ1) is 12.7. The molecule has 2 aromatic heterocycles. The van der Waals surface area contributed by atoms with Gasteiger partial charge in [0.15, 0.2) is 0 Å². The second kappa shape index (κ2) is 4.87. The Morgan fingerprint density at radius 1 is 1.67 bits per heavy atom. The van der Waals surface area contributed by atoms with E-state index in [2.05, 4.69) is 9.97 Å². The zero-order chi connectivity index (χ0) is 13.3. The van der Waals surface area contributed by atoms with Gasteiger partial charge in [-0.05, 0) is 18.4 Å². The maximum absolute atomic E-state index is 11.7. The van der Waals surface area contributed by atoms with Gasteiger partial charge in [0, 0.05) is 7.05 Å². The molecule has 3 N–H and O–H groups in total. The lowest BCUT2D eigenvalue weighted by atomic mass is 10.3. The van der Waals surface area contributed by atoms with Gasteiger partial charge in [-0.2, -0.15) is 0 Å². The summed E-state index contributed by atoms with van der Waals surface area (Å²) in [6.07, 6.45) is 0. The Hall–Kier alpha value is -1.73. The van der Waals surface area contributed by atoms with Gasteiger partial charge < -0.3 is 15.6 Å². The SMILES string of the molecule is C[C@@H](N)C(=O)N(C)Cc1nc2ccsc2c(=O)[nH]1. The fourth-order valence-electron chi connectivity index (χ4n) is 1.65. The first-order chi connectivity index (χ1) is 8.49. The molecule has 96 valence electrons. The molecule has 7 heteroatoms. The van der Waals surface area contributed by atoms with Crippen molar-refractivity contribution in [3.63, 3.8) is 0 Å². The first-order valence-corrected chi connectivity index (χ1v) is 6.34. The molecule has 0 spiro atoms. The van der Waals surface area contributed by atoms with E-state index in [1.807, 2.05) is 5.38 Å². The summed E-state index contributed by atoms with van der Waals surface area (Å²) in [4.78, 5) is 31.8. The topological polar surface area (TPSA) is 92.1 Å². The lowest BCUT2D eigenvalue weighted by Crippen LogP contribution is -2.39. The number of carbonyl (C=O) groups is 1. The molecule has 1 atom stereocenters. The summed E-state index contributed by atoms with van der Waals surface area (Å²) in [7, 11) is 1.63. The van der Waals surface area contributed by atoms with Crippen LogP contribution in [0.25, 0.3) is 10.2 Å². The van der Waals surface area contributed by atoms with E-state index in [-0.39, 0.29) is 18.0 Å². The van der Waals surface area contributed by atoms with Crippen LogP contribution in [0.3, 0.4) is 0 Å².